The molecule has 2 aromatic carbocycles. The first-order valence-electron chi connectivity index (χ1n) is 13.3. The molecule has 0 saturated carbocycles. The number of aromatic nitrogens is 3. The van der Waals surface area contributed by atoms with Crippen LogP contribution in [-0.4, -0.2) is 53.1 Å². The van der Waals surface area contributed by atoms with E-state index in [0.717, 1.165) is 25.7 Å². The minimum absolute atomic E-state index is 0.00223. The fourth-order valence-electron chi connectivity index (χ4n) is 5.12. The summed E-state index contributed by atoms with van der Waals surface area (Å²) in [5.74, 6) is -2.02. The van der Waals surface area contributed by atoms with Crippen LogP contribution in [0.25, 0.3) is 0 Å². The molecule has 2 saturated heterocycles. The van der Waals surface area contributed by atoms with E-state index in [1.54, 1.807) is 15.9 Å². The smallest absolute Gasteiger partial charge is 0.262 e. The van der Waals surface area contributed by atoms with E-state index >= 15 is 0 Å². The average molecular weight is 585 g/mol. The van der Waals surface area contributed by atoms with Crippen LogP contribution in [0, 0.1) is 0 Å². The summed E-state index contributed by atoms with van der Waals surface area (Å²) in [4.78, 5) is 16.9. The van der Waals surface area contributed by atoms with Crippen molar-refractivity contribution < 1.29 is 13.5 Å². The summed E-state index contributed by atoms with van der Waals surface area (Å²) in [7, 11) is -3.95. The van der Waals surface area contributed by atoms with E-state index in [1.807, 2.05) is 0 Å². The van der Waals surface area contributed by atoms with Crippen LogP contribution in [0.15, 0.2) is 47.4 Å². The summed E-state index contributed by atoms with van der Waals surface area (Å²) in [5.41, 5.74) is 32.2. The van der Waals surface area contributed by atoms with Crippen molar-refractivity contribution in [2.24, 2.45) is 17.2 Å². The third-order valence-electron chi connectivity index (χ3n) is 7.29. The molecule has 0 amide bonds. The van der Waals surface area contributed by atoms with Gasteiger partial charge in [-0.1, -0.05) is 0 Å². The molecule has 3 heterocycles. The lowest BCUT2D eigenvalue weighted by Crippen LogP contribution is -2.66. The Morgan fingerprint density at radius 2 is 1.46 bits per heavy atom. The van der Waals surface area contributed by atoms with Crippen LogP contribution in [0.4, 0.5) is 34.9 Å². The molecule has 16 heteroatoms. The maximum absolute atomic E-state index is 12.8. The van der Waals surface area contributed by atoms with E-state index in [0.29, 0.717) is 37.3 Å². The van der Waals surface area contributed by atoms with Crippen molar-refractivity contribution in [3.63, 3.8) is 0 Å². The fourth-order valence-corrected chi connectivity index (χ4v) is 6.20. The van der Waals surface area contributed by atoms with E-state index < -0.39 is 21.6 Å². The van der Waals surface area contributed by atoms with E-state index in [9.17, 15) is 13.5 Å². The maximum atomic E-state index is 12.8. The molecular weight excluding hydrogens is 548 g/mol. The summed E-state index contributed by atoms with van der Waals surface area (Å²) in [6, 6.07) is 10.2. The van der Waals surface area contributed by atoms with Gasteiger partial charge in [-0.3, -0.25) is 21.9 Å². The molecule has 41 heavy (non-hydrogen) atoms. The third kappa shape index (κ3) is 6.00. The maximum Gasteiger partial charge on any atom is 0.262 e. The summed E-state index contributed by atoms with van der Waals surface area (Å²) in [6.45, 7) is 1.10. The highest BCUT2D eigenvalue weighted by molar-refractivity contribution is 7.92. The Labute approximate surface area is 238 Å². The van der Waals surface area contributed by atoms with Crippen molar-refractivity contribution in [1.29, 1.82) is 0 Å². The molecule has 2 fully saturated rings. The molecule has 0 aliphatic carbocycles. The summed E-state index contributed by atoms with van der Waals surface area (Å²) < 4.78 is 27.9. The topological polar surface area (TPSA) is 254 Å². The normalized spacial score (nSPS) is 21.0. The highest BCUT2D eigenvalue weighted by atomic mass is 32.2. The molecule has 0 spiro atoms. The van der Waals surface area contributed by atoms with Gasteiger partial charge in [0.05, 0.1) is 10.6 Å². The average Bonchev–Trinajstić information content (AvgIpc) is 2.90. The van der Waals surface area contributed by atoms with Crippen LogP contribution in [0.1, 0.15) is 38.5 Å². The van der Waals surface area contributed by atoms with Gasteiger partial charge in [-0.15, -0.1) is 0 Å². The highest BCUT2D eigenvalue weighted by Crippen LogP contribution is 2.34. The minimum Gasteiger partial charge on any atom is -0.506 e. The number of phenols is 1. The molecule has 3 aromatic rings. The molecule has 15 nitrogen and oxygen atoms in total. The summed E-state index contributed by atoms with van der Waals surface area (Å²) in [6.07, 6.45) is 4.53. The number of anilines is 6. The largest absolute Gasteiger partial charge is 0.506 e. The first kappa shape index (κ1) is 28.4. The van der Waals surface area contributed by atoms with Crippen molar-refractivity contribution in [1.82, 2.24) is 15.0 Å². The van der Waals surface area contributed by atoms with Crippen molar-refractivity contribution in [2.75, 3.05) is 44.4 Å². The highest BCUT2D eigenvalue weighted by Gasteiger charge is 2.39. The van der Waals surface area contributed by atoms with E-state index in [-0.39, 0.29) is 34.2 Å². The Balaban J connectivity index is 1.39. The molecule has 1 unspecified atom stereocenters. The fraction of sp³-hybridized carbons (Fsp3) is 0.400. The minimum atomic E-state index is -3.95. The molecule has 2 aliphatic rings. The van der Waals surface area contributed by atoms with Crippen LogP contribution < -0.4 is 48.5 Å². The van der Waals surface area contributed by atoms with Crippen LogP contribution >= 0.6 is 0 Å². The van der Waals surface area contributed by atoms with Crippen LogP contribution in [0.2, 0.25) is 0 Å². The zero-order valence-electron chi connectivity index (χ0n) is 22.5. The van der Waals surface area contributed by atoms with Crippen molar-refractivity contribution in [3.8, 4) is 5.75 Å². The molecular formula is C25H36N12O3S. The van der Waals surface area contributed by atoms with Gasteiger partial charge in [0.1, 0.15) is 11.5 Å². The number of nitrogens with one attached hydrogen (secondary N) is 2. The van der Waals surface area contributed by atoms with Gasteiger partial charge in [0.2, 0.25) is 17.8 Å². The quantitative estimate of drug-likeness (QED) is 0.109. The Morgan fingerprint density at radius 3 is 2.12 bits per heavy atom. The van der Waals surface area contributed by atoms with Gasteiger partial charge in [0.15, 0.2) is 5.79 Å². The zero-order valence-corrected chi connectivity index (χ0v) is 23.3. The Bertz CT molecular complexity index is 1520. The monoisotopic (exact) mass is 584 g/mol. The first-order valence-corrected chi connectivity index (χ1v) is 14.8. The summed E-state index contributed by atoms with van der Waals surface area (Å²) in [5, 5.41) is 13.9. The second kappa shape index (κ2) is 10.7. The van der Waals surface area contributed by atoms with Gasteiger partial charge in [-0.25, -0.2) is 8.42 Å². The Hall–Kier alpha value is -4.12. The number of hydrogen-bond donors (Lipinski definition) is 8. The van der Waals surface area contributed by atoms with Crippen molar-refractivity contribution in [3.05, 3.63) is 42.5 Å². The number of aromatic hydroxyl groups is 1. The number of hydrogen-bond acceptors (Lipinski definition) is 14. The number of sulfonamides is 1. The third-order valence-corrected chi connectivity index (χ3v) is 8.67. The number of piperidine rings is 2. The van der Waals surface area contributed by atoms with Gasteiger partial charge in [-0.2, -0.15) is 15.0 Å². The van der Waals surface area contributed by atoms with Gasteiger partial charge < -0.3 is 31.7 Å². The molecule has 0 bridgehead atoms. The SMILES string of the molecule is Nc1ccc(S(=O)(=O)Nc2ccc(NC3(N)CCCCN3c3nc(N)nc(N4CCCCC4(N)N)n3)cc2O)cc1. The van der Waals surface area contributed by atoms with Crippen molar-refractivity contribution in [2.45, 2.75) is 55.0 Å². The van der Waals surface area contributed by atoms with E-state index in [2.05, 4.69) is 25.0 Å². The molecule has 0 radical (unpaired) electrons. The predicted molar refractivity (Wildman–Crippen MR) is 158 cm³/mol. The molecule has 2 aliphatic heterocycles. The van der Waals surface area contributed by atoms with Gasteiger partial charge in [0.25, 0.3) is 10.0 Å². The van der Waals surface area contributed by atoms with Crippen LogP contribution in [-0.2, 0) is 10.0 Å². The summed E-state index contributed by atoms with van der Waals surface area (Å²) >= 11 is 0. The standard InChI is InChI=1S/C25H36N12O3S/c26-16-5-8-18(9-6-16)41(39,40)35-19-10-7-17(15-20(19)38)34-25(30)12-2-4-14-37(25)23-32-21(27)31-22(33-23)36-13-3-1-11-24(36,28)29/h5-10,15,34-35,38H,1-4,11-14,26,28-30H2,(H2,27,31,32,33). The predicted octanol–water partition coefficient (Wildman–Crippen LogP) is 0.819. The second-order valence-electron chi connectivity index (χ2n) is 10.5. The first-order chi connectivity index (χ1) is 19.4. The Kier molecular flexibility index (Phi) is 7.41. The van der Waals surface area contributed by atoms with Gasteiger partial charge in [0, 0.05) is 37.0 Å². The van der Waals surface area contributed by atoms with E-state index in [1.165, 1.54) is 36.4 Å². The van der Waals surface area contributed by atoms with Gasteiger partial charge >= 0.3 is 0 Å². The lowest BCUT2D eigenvalue weighted by Gasteiger charge is -2.46. The molecule has 1 aromatic heterocycles. The second-order valence-corrected chi connectivity index (χ2v) is 12.1. The van der Waals surface area contributed by atoms with Crippen LogP contribution in [0.5, 0.6) is 5.75 Å². The molecule has 5 rings (SSSR count). The number of nitrogen functional groups attached to an aromatic ring is 2. The number of nitrogens with two attached hydrogens (primary N) is 5. The van der Waals surface area contributed by atoms with Crippen LogP contribution in [0.3, 0.4) is 0 Å². The number of nitrogens with zero attached hydrogens (tertiary/aromatic N) is 5. The van der Waals surface area contributed by atoms with Crippen molar-refractivity contribution >= 4 is 44.9 Å². The van der Waals surface area contributed by atoms with Gasteiger partial charge in [-0.05, 0) is 68.5 Å². The van der Waals surface area contributed by atoms with E-state index in [4.69, 9.17) is 28.7 Å². The number of benzene rings is 2. The number of rotatable bonds is 7. The molecule has 13 N–H and O–H groups in total. The lowest BCUT2D eigenvalue weighted by molar-refractivity contribution is 0.320. The Morgan fingerprint density at radius 1 is 0.829 bits per heavy atom. The number of phenolic OH excluding ortho intramolecular Hbond substituents is 1. The zero-order chi connectivity index (χ0) is 29.4. The molecule has 220 valence electrons. The molecule has 1 atom stereocenters. The lowest BCUT2D eigenvalue weighted by atomic mass is 10.0.